The second-order valence-corrected chi connectivity index (χ2v) is 4.07. The third-order valence-corrected chi connectivity index (χ3v) is 2.59. The van der Waals surface area contributed by atoms with Crippen molar-refractivity contribution >= 4 is 12.0 Å². The van der Waals surface area contributed by atoms with Gasteiger partial charge in [0.1, 0.15) is 0 Å². The summed E-state index contributed by atoms with van der Waals surface area (Å²) in [6.07, 6.45) is 0. The number of aliphatic carboxylic acids is 1. The van der Waals surface area contributed by atoms with Gasteiger partial charge in [-0.3, -0.25) is 4.79 Å². The quantitative estimate of drug-likeness (QED) is 0.740. The Balaban J connectivity index is 4.24. The van der Waals surface area contributed by atoms with E-state index in [0.29, 0.717) is 0 Å². The first kappa shape index (κ1) is 13.7. The van der Waals surface area contributed by atoms with E-state index >= 15 is 0 Å². The average molecular weight is 216 g/mol. The molecule has 15 heavy (non-hydrogen) atoms. The van der Waals surface area contributed by atoms with E-state index in [4.69, 9.17) is 5.11 Å². The molecule has 0 saturated heterocycles. The number of carboxylic acid groups (broad SMARTS) is 1. The van der Waals surface area contributed by atoms with Crippen LogP contribution in [0, 0.1) is 5.92 Å². The molecule has 88 valence electrons. The second kappa shape index (κ2) is 5.58. The number of carbonyl (C=O) groups excluding carboxylic acids is 1. The molecule has 0 fully saturated rings. The second-order valence-electron chi connectivity index (χ2n) is 4.07. The van der Waals surface area contributed by atoms with Gasteiger partial charge in [-0.2, -0.15) is 0 Å². The summed E-state index contributed by atoms with van der Waals surface area (Å²) in [4.78, 5) is 23.7. The normalized spacial score (nSPS) is 14.5. The summed E-state index contributed by atoms with van der Waals surface area (Å²) >= 11 is 0. The lowest BCUT2D eigenvalue weighted by Crippen LogP contribution is -2.47. The van der Waals surface area contributed by atoms with Crippen LogP contribution in [0.5, 0.6) is 0 Å². The molecule has 0 aliphatic carbocycles. The van der Waals surface area contributed by atoms with Crippen molar-refractivity contribution in [3.8, 4) is 0 Å². The van der Waals surface area contributed by atoms with Gasteiger partial charge in [0.05, 0.1) is 5.92 Å². The maximum absolute atomic E-state index is 11.5. The lowest BCUT2D eigenvalue weighted by atomic mass is 10.0. The fourth-order valence-corrected chi connectivity index (χ4v) is 0.870. The molecule has 0 saturated carbocycles. The van der Waals surface area contributed by atoms with Crippen molar-refractivity contribution in [1.29, 1.82) is 0 Å². The number of amides is 2. The van der Waals surface area contributed by atoms with E-state index in [2.05, 4.69) is 5.32 Å². The topological polar surface area (TPSA) is 69.6 Å². The average Bonchev–Trinajstić information content (AvgIpc) is 2.14. The molecular weight excluding hydrogens is 196 g/mol. The molecule has 0 aromatic heterocycles. The zero-order valence-electron chi connectivity index (χ0n) is 9.94. The first-order chi connectivity index (χ1) is 6.77. The first-order valence-electron chi connectivity index (χ1n) is 5.03. The molecule has 0 aliphatic heterocycles. The molecular formula is C10H20N2O3. The molecule has 2 amide bonds. The third-order valence-electron chi connectivity index (χ3n) is 2.59. The van der Waals surface area contributed by atoms with Gasteiger partial charge in [0.25, 0.3) is 0 Å². The van der Waals surface area contributed by atoms with Crippen LogP contribution in [0.4, 0.5) is 4.79 Å². The molecule has 0 radical (unpaired) electrons. The van der Waals surface area contributed by atoms with Crippen LogP contribution < -0.4 is 5.32 Å². The Morgan fingerprint density at radius 1 is 1.20 bits per heavy atom. The minimum absolute atomic E-state index is 0.0948. The Kier molecular flexibility index (Phi) is 5.11. The summed E-state index contributed by atoms with van der Waals surface area (Å²) in [5.41, 5.74) is 0. The Hall–Kier alpha value is -1.26. The van der Waals surface area contributed by atoms with Crippen LogP contribution in [0.3, 0.4) is 0 Å². The van der Waals surface area contributed by atoms with Crippen LogP contribution in [-0.4, -0.2) is 41.1 Å². The zero-order valence-corrected chi connectivity index (χ0v) is 9.94. The van der Waals surface area contributed by atoms with Crippen LogP contribution in [0.25, 0.3) is 0 Å². The highest BCUT2D eigenvalue weighted by Gasteiger charge is 2.22. The van der Waals surface area contributed by atoms with Crippen molar-refractivity contribution in [3.63, 3.8) is 0 Å². The van der Waals surface area contributed by atoms with E-state index in [1.165, 1.54) is 4.90 Å². The summed E-state index contributed by atoms with van der Waals surface area (Å²) in [5, 5.41) is 11.4. The van der Waals surface area contributed by atoms with E-state index in [1.807, 2.05) is 13.8 Å². The third kappa shape index (κ3) is 4.18. The number of carboxylic acids is 1. The molecule has 5 heteroatoms. The zero-order chi connectivity index (χ0) is 12.2. The van der Waals surface area contributed by atoms with Gasteiger partial charge in [0.15, 0.2) is 0 Å². The maximum atomic E-state index is 11.5. The van der Waals surface area contributed by atoms with Gasteiger partial charge in [-0.15, -0.1) is 0 Å². The standard InChI is InChI=1S/C10H20N2O3/c1-6(2)12(5)10(15)11-8(4)7(3)9(13)14/h6-8H,1-5H3,(H,11,15)(H,13,14). The van der Waals surface area contributed by atoms with Crippen LogP contribution in [0.2, 0.25) is 0 Å². The Morgan fingerprint density at radius 3 is 2.00 bits per heavy atom. The van der Waals surface area contributed by atoms with E-state index in [9.17, 15) is 9.59 Å². The van der Waals surface area contributed by atoms with E-state index < -0.39 is 11.9 Å². The number of urea groups is 1. The SMILES string of the molecule is CC(NC(=O)N(C)C(C)C)C(C)C(=O)O. The van der Waals surface area contributed by atoms with Gasteiger partial charge in [-0.05, 0) is 27.7 Å². The van der Waals surface area contributed by atoms with E-state index in [-0.39, 0.29) is 18.1 Å². The van der Waals surface area contributed by atoms with Crippen LogP contribution in [0.15, 0.2) is 0 Å². The van der Waals surface area contributed by atoms with Gasteiger partial charge in [-0.1, -0.05) is 0 Å². The number of nitrogens with one attached hydrogen (secondary N) is 1. The Labute approximate surface area is 90.5 Å². The number of rotatable bonds is 4. The summed E-state index contributed by atoms with van der Waals surface area (Å²) in [7, 11) is 1.68. The van der Waals surface area contributed by atoms with Crippen molar-refractivity contribution < 1.29 is 14.7 Å². The largest absolute Gasteiger partial charge is 0.481 e. The molecule has 5 nitrogen and oxygen atoms in total. The van der Waals surface area contributed by atoms with Crippen molar-refractivity contribution in [1.82, 2.24) is 10.2 Å². The molecule has 0 bridgehead atoms. The number of nitrogens with zero attached hydrogens (tertiary/aromatic N) is 1. The molecule has 2 N–H and O–H groups in total. The summed E-state index contributed by atoms with van der Waals surface area (Å²) in [5.74, 6) is -1.50. The van der Waals surface area contributed by atoms with Gasteiger partial charge >= 0.3 is 12.0 Å². The molecule has 2 atom stereocenters. The molecule has 2 unspecified atom stereocenters. The van der Waals surface area contributed by atoms with Crippen molar-refractivity contribution in [2.45, 2.75) is 39.8 Å². The Bertz CT molecular complexity index is 241. The van der Waals surface area contributed by atoms with Crippen molar-refractivity contribution in [3.05, 3.63) is 0 Å². The van der Waals surface area contributed by atoms with Gasteiger partial charge < -0.3 is 15.3 Å². The number of hydrogen-bond donors (Lipinski definition) is 2. The fourth-order valence-electron chi connectivity index (χ4n) is 0.870. The van der Waals surface area contributed by atoms with Crippen molar-refractivity contribution in [2.75, 3.05) is 7.05 Å². The molecule has 0 aromatic rings. The lowest BCUT2D eigenvalue weighted by molar-refractivity contribution is -0.141. The lowest BCUT2D eigenvalue weighted by Gasteiger charge is -2.25. The molecule has 0 rings (SSSR count). The highest BCUT2D eigenvalue weighted by molar-refractivity contribution is 5.76. The highest BCUT2D eigenvalue weighted by atomic mass is 16.4. The summed E-state index contributed by atoms with van der Waals surface area (Å²) < 4.78 is 0. The van der Waals surface area contributed by atoms with Crippen molar-refractivity contribution in [2.24, 2.45) is 5.92 Å². The smallest absolute Gasteiger partial charge is 0.317 e. The first-order valence-corrected chi connectivity index (χ1v) is 5.03. The predicted octanol–water partition coefficient (Wildman–Crippen LogP) is 1.15. The van der Waals surface area contributed by atoms with Gasteiger partial charge in [0.2, 0.25) is 0 Å². The van der Waals surface area contributed by atoms with Gasteiger partial charge in [0, 0.05) is 19.1 Å². The maximum Gasteiger partial charge on any atom is 0.317 e. The molecule has 0 aromatic carbocycles. The number of carbonyl (C=O) groups is 2. The van der Waals surface area contributed by atoms with E-state index in [0.717, 1.165) is 0 Å². The fraction of sp³-hybridized carbons (Fsp3) is 0.800. The van der Waals surface area contributed by atoms with Gasteiger partial charge in [-0.25, -0.2) is 4.79 Å². The predicted molar refractivity (Wildman–Crippen MR) is 57.7 cm³/mol. The monoisotopic (exact) mass is 216 g/mol. The highest BCUT2D eigenvalue weighted by Crippen LogP contribution is 2.03. The molecule has 0 spiro atoms. The van der Waals surface area contributed by atoms with Crippen LogP contribution >= 0.6 is 0 Å². The minimum Gasteiger partial charge on any atom is -0.481 e. The number of hydrogen-bond acceptors (Lipinski definition) is 2. The summed E-state index contributed by atoms with van der Waals surface area (Å²) in [6, 6.07) is -0.529. The summed E-state index contributed by atoms with van der Waals surface area (Å²) in [6.45, 7) is 7.04. The Morgan fingerprint density at radius 2 is 1.67 bits per heavy atom. The van der Waals surface area contributed by atoms with Crippen LogP contribution in [-0.2, 0) is 4.79 Å². The minimum atomic E-state index is -0.907. The molecule has 0 heterocycles. The molecule has 0 aliphatic rings. The van der Waals surface area contributed by atoms with Crippen LogP contribution in [0.1, 0.15) is 27.7 Å². The van der Waals surface area contributed by atoms with E-state index in [1.54, 1.807) is 20.9 Å².